The van der Waals surface area contributed by atoms with E-state index in [-0.39, 0.29) is 19.1 Å². The normalized spacial score (nSPS) is 10.5. The number of nitrogens with zero attached hydrogens (tertiary/aromatic N) is 1. The Morgan fingerprint density at radius 2 is 1.79 bits per heavy atom. The van der Waals surface area contributed by atoms with Gasteiger partial charge in [0.15, 0.2) is 24.7 Å². The van der Waals surface area contributed by atoms with Crippen molar-refractivity contribution in [3.05, 3.63) is 53.1 Å². The highest BCUT2D eigenvalue weighted by molar-refractivity contribution is 5.83. The van der Waals surface area contributed by atoms with E-state index in [1.165, 1.54) is 13.3 Å². The van der Waals surface area contributed by atoms with Gasteiger partial charge < -0.3 is 19.9 Å². The molecule has 0 aliphatic heterocycles. The van der Waals surface area contributed by atoms with Gasteiger partial charge in [0.1, 0.15) is 5.75 Å². The number of carbonyl (C=O) groups is 2. The highest BCUT2D eigenvalue weighted by Crippen LogP contribution is 2.27. The molecule has 0 spiro atoms. The van der Waals surface area contributed by atoms with Gasteiger partial charge >= 0.3 is 0 Å². The van der Waals surface area contributed by atoms with Crippen molar-refractivity contribution in [2.24, 2.45) is 10.8 Å². The summed E-state index contributed by atoms with van der Waals surface area (Å²) in [5.74, 6) is 0.517. The summed E-state index contributed by atoms with van der Waals surface area (Å²) in [4.78, 5) is 22.7. The van der Waals surface area contributed by atoms with Crippen molar-refractivity contribution in [2.75, 3.05) is 20.3 Å². The molecular formula is C20H23N3O5. The molecule has 0 fully saturated rings. The summed E-state index contributed by atoms with van der Waals surface area (Å²) in [7, 11) is 1.47. The van der Waals surface area contributed by atoms with Crippen LogP contribution in [0, 0.1) is 13.8 Å². The summed E-state index contributed by atoms with van der Waals surface area (Å²) in [6.07, 6.45) is 1.46. The number of hydrazone groups is 1. The van der Waals surface area contributed by atoms with Gasteiger partial charge in [0.25, 0.3) is 11.8 Å². The standard InChI is InChI=1S/C20H23N3O5/c1-13-5-4-6-14(2)20(13)28-12-19(25)23-22-10-15-7-8-16(17(9-15)26-3)27-11-18(21)24/h4-10H,11-12H2,1-3H3,(H2,21,24)(H,23,25)/b22-10-. The molecule has 0 unspecified atom stereocenters. The van der Waals surface area contributed by atoms with Gasteiger partial charge in [-0.2, -0.15) is 5.10 Å². The van der Waals surface area contributed by atoms with Crippen molar-refractivity contribution in [3.8, 4) is 17.2 Å². The van der Waals surface area contributed by atoms with Crippen molar-refractivity contribution >= 4 is 18.0 Å². The van der Waals surface area contributed by atoms with Crippen molar-refractivity contribution in [1.29, 1.82) is 0 Å². The molecule has 0 saturated heterocycles. The number of amides is 2. The summed E-state index contributed by atoms with van der Waals surface area (Å²) in [6.45, 7) is 3.44. The Hall–Kier alpha value is -3.55. The van der Waals surface area contributed by atoms with Crippen LogP contribution in [0.15, 0.2) is 41.5 Å². The third-order valence-corrected chi connectivity index (χ3v) is 3.72. The van der Waals surface area contributed by atoms with Crippen LogP contribution in [0.1, 0.15) is 16.7 Å². The molecule has 3 N–H and O–H groups in total. The maximum absolute atomic E-state index is 11.9. The zero-order chi connectivity index (χ0) is 20.5. The zero-order valence-electron chi connectivity index (χ0n) is 16.0. The molecule has 2 aromatic carbocycles. The second-order valence-electron chi connectivity index (χ2n) is 5.97. The van der Waals surface area contributed by atoms with Crippen LogP contribution < -0.4 is 25.4 Å². The van der Waals surface area contributed by atoms with Gasteiger partial charge in [-0.05, 0) is 48.7 Å². The van der Waals surface area contributed by atoms with E-state index in [2.05, 4.69) is 10.5 Å². The number of rotatable bonds is 9. The molecule has 2 aromatic rings. The zero-order valence-corrected chi connectivity index (χ0v) is 16.0. The predicted molar refractivity (Wildman–Crippen MR) is 105 cm³/mol. The second kappa shape index (κ2) is 9.96. The first-order valence-corrected chi connectivity index (χ1v) is 8.50. The van der Waals surface area contributed by atoms with E-state index >= 15 is 0 Å². The highest BCUT2D eigenvalue weighted by atomic mass is 16.5. The highest BCUT2D eigenvalue weighted by Gasteiger charge is 2.08. The fourth-order valence-corrected chi connectivity index (χ4v) is 2.41. The Morgan fingerprint density at radius 1 is 1.07 bits per heavy atom. The third-order valence-electron chi connectivity index (χ3n) is 3.72. The summed E-state index contributed by atoms with van der Waals surface area (Å²) < 4.78 is 16.0. The van der Waals surface area contributed by atoms with Crippen LogP contribution in [0.5, 0.6) is 17.2 Å². The number of ether oxygens (including phenoxy) is 3. The number of para-hydroxylation sites is 1. The SMILES string of the molecule is COc1cc(/C=N\NC(=O)COc2c(C)cccc2C)ccc1OCC(N)=O. The molecule has 0 saturated carbocycles. The summed E-state index contributed by atoms with van der Waals surface area (Å²) in [6, 6.07) is 10.7. The van der Waals surface area contributed by atoms with Gasteiger partial charge in [0.2, 0.25) is 0 Å². The van der Waals surface area contributed by atoms with Crippen LogP contribution in [0.4, 0.5) is 0 Å². The quantitative estimate of drug-likeness (QED) is 0.504. The van der Waals surface area contributed by atoms with Crippen LogP contribution >= 0.6 is 0 Å². The molecular weight excluding hydrogens is 362 g/mol. The first-order chi connectivity index (χ1) is 13.4. The molecule has 2 rings (SSSR count). The Labute approximate surface area is 163 Å². The molecule has 8 heteroatoms. The summed E-state index contributed by atoms with van der Waals surface area (Å²) >= 11 is 0. The number of methoxy groups -OCH3 is 1. The van der Waals surface area contributed by atoms with Crippen LogP contribution in [-0.2, 0) is 9.59 Å². The van der Waals surface area contributed by atoms with Gasteiger partial charge in [-0.25, -0.2) is 5.43 Å². The molecule has 0 heterocycles. The monoisotopic (exact) mass is 385 g/mol. The minimum Gasteiger partial charge on any atom is -0.493 e. The predicted octanol–water partition coefficient (Wildman–Crippen LogP) is 1.71. The molecule has 0 atom stereocenters. The average Bonchev–Trinajstić information content (AvgIpc) is 2.66. The van der Waals surface area contributed by atoms with E-state index in [0.29, 0.717) is 22.8 Å². The summed E-state index contributed by atoms with van der Waals surface area (Å²) in [5, 5.41) is 3.90. The number of primary amides is 1. The second-order valence-corrected chi connectivity index (χ2v) is 5.97. The average molecular weight is 385 g/mol. The Bertz CT molecular complexity index is 860. The van der Waals surface area contributed by atoms with E-state index < -0.39 is 5.91 Å². The minimum absolute atomic E-state index is 0.147. The van der Waals surface area contributed by atoms with Crippen LogP contribution in [0.25, 0.3) is 0 Å². The topological polar surface area (TPSA) is 112 Å². The minimum atomic E-state index is -0.585. The fraction of sp³-hybridized carbons (Fsp3) is 0.250. The Balaban J connectivity index is 1.91. The molecule has 8 nitrogen and oxygen atoms in total. The van der Waals surface area contributed by atoms with E-state index in [4.69, 9.17) is 19.9 Å². The van der Waals surface area contributed by atoms with E-state index in [1.807, 2.05) is 32.0 Å². The molecule has 28 heavy (non-hydrogen) atoms. The van der Waals surface area contributed by atoms with E-state index in [0.717, 1.165) is 11.1 Å². The summed E-state index contributed by atoms with van der Waals surface area (Å²) in [5.41, 5.74) is 10.0. The number of nitrogens with one attached hydrogen (secondary N) is 1. The number of hydrogen-bond acceptors (Lipinski definition) is 6. The first-order valence-electron chi connectivity index (χ1n) is 8.50. The lowest BCUT2D eigenvalue weighted by Crippen LogP contribution is -2.25. The Kier molecular flexibility index (Phi) is 7.38. The number of nitrogens with two attached hydrogens (primary N) is 1. The smallest absolute Gasteiger partial charge is 0.277 e. The van der Waals surface area contributed by atoms with Crippen molar-refractivity contribution in [3.63, 3.8) is 0 Å². The van der Waals surface area contributed by atoms with Crippen LogP contribution in [0.3, 0.4) is 0 Å². The van der Waals surface area contributed by atoms with Crippen LogP contribution in [0.2, 0.25) is 0 Å². The first kappa shape index (κ1) is 20.8. The van der Waals surface area contributed by atoms with Crippen molar-refractivity contribution in [1.82, 2.24) is 5.43 Å². The molecule has 0 aliphatic rings. The number of carbonyl (C=O) groups excluding carboxylic acids is 2. The van der Waals surface area contributed by atoms with Crippen molar-refractivity contribution in [2.45, 2.75) is 13.8 Å². The van der Waals surface area contributed by atoms with Gasteiger partial charge in [0.05, 0.1) is 13.3 Å². The van der Waals surface area contributed by atoms with Crippen LogP contribution in [-0.4, -0.2) is 38.4 Å². The van der Waals surface area contributed by atoms with Gasteiger partial charge in [-0.3, -0.25) is 9.59 Å². The Morgan fingerprint density at radius 3 is 2.43 bits per heavy atom. The molecule has 0 bridgehead atoms. The largest absolute Gasteiger partial charge is 0.493 e. The molecule has 2 amide bonds. The maximum atomic E-state index is 11.9. The molecule has 0 aromatic heterocycles. The van der Waals surface area contributed by atoms with Gasteiger partial charge in [0, 0.05) is 0 Å². The maximum Gasteiger partial charge on any atom is 0.277 e. The lowest BCUT2D eigenvalue weighted by molar-refractivity contribution is -0.123. The lowest BCUT2D eigenvalue weighted by Gasteiger charge is -2.11. The third kappa shape index (κ3) is 6.01. The fourth-order valence-electron chi connectivity index (χ4n) is 2.41. The van der Waals surface area contributed by atoms with E-state index in [1.54, 1.807) is 18.2 Å². The number of aryl methyl sites for hydroxylation is 2. The lowest BCUT2D eigenvalue weighted by atomic mass is 10.1. The van der Waals surface area contributed by atoms with E-state index in [9.17, 15) is 9.59 Å². The molecule has 0 aliphatic carbocycles. The van der Waals surface area contributed by atoms with Crippen molar-refractivity contribution < 1.29 is 23.8 Å². The van der Waals surface area contributed by atoms with Gasteiger partial charge in [-0.15, -0.1) is 0 Å². The molecule has 0 radical (unpaired) electrons. The van der Waals surface area contributed by atoms with Gasteiger partial charge in [-0.1, -0.05) is 18.2 Å². The number of benzene rings is 2. The number of hydrogen-bond donors (Lipinski definition) is 2. The molecule has 148 valence electrons.